The molecule has 0 aliphatic rings. The fourth-order valence-electron chi connectivity index (χ4n) is 0.619. The second-order valence-corrected chi connectivity index (χ2v) is 2.77. The Bertz CT molecular complexity index is 224. The lowest BCUT2D eigenvalue weighted by Crippen LogP contribution is -1.71. The van der Waals surface area contributed by atoms with E-state index in [2.05, 4.69) is 20.4 Å². The van der Waals surface area contributed by atoms with Crippen LogP contribution in [0.2, 0.25) is 0 Å². The van der Waals surface area contributed by atoms with Crippen LogP contribution in [0.15, 0.2) is 36.9 Å². The maximum Gasteiger partial charge on any atom is 0.123 e. The second kappa shape index (κ2) is 7.53. The first-order chi connectivity index (χ1) is 6.22. The average Bonchev–Trinajstić information content (AvgIpc) is 2.19. The van der Waals surface area contributed by atoms with Crippen molar-refractivity contribution in [1.29, 1.82) is 0 Å². The molecule has 0 radical (unpaired) electrons. The molecule has 0 saturated heterocycles. The molecule has 0 heterocycles. The molecule has 1 rings (SSSR count). The predicted octanol–water partition coefficient (Wildman–Crippen LogP) is 4.43. The zero-order chi connectivity index (χ0) is 10.1. The first kappa shape index (κ1) is 11.9. The van der Waals surface area contributed by atoms with Crippen molar-refractivity contribution in [3.63, 3.8) is 0 Å². The van der Waals surface area contributed by atoms with E-state index in [1.54, 1.807) is 24.3 Å². The summed E-state index contributed by atoms with van der Waals surface area (Å²) in [6.45, 7) is 7.52. The van der Waals surface area contributed by atoms with Crippen LogP contribution in [-0.4, -0.2) is 0 Å². The molecule has 1 aromatic rings. The molecule has 1 heteroatoms. The Morgan fingerprint density at radius 1 is 1.15 bits per heavy atom. The van der Waals surface area contributed by atoms with Crippen molar-refractivity contribution in [3.8, 4) is 0 Å². The monoisotopic (exact) mass is 180 g/mol. The first-order valence-electron chi connectivity index (χ1n) is 4.62. The van der Waals surface area contributed by atoms with Gasteiger partial charge in [0.1, 0.15) is 5.83 Å². The normalized spacial score (nSPS) is 8.54. The number of benzene rings is 1. The highest BCUT2D eigenvalue weighted by Gasteiger charge is 1.90. The molecule has 13 heavy (non-hydrogen) atoms. The summed E-state index contributed by atoms with van der Waals surface area (Å²) in [6, 6.07) is 8.76. The summed E-state index contributed by atoms with van der Waals surface area (Å²) in [4.78, 5) is 0. The zero-order valence-corrected chi connectivity index (χ0v) is 8.39. The SMILES string of the molecule is C=C(F)c1ccccc1.CCCC. The van der Waals surface area contributed by atoms with Crippen molar-refractivity contribution in [2.75, 3.05) is 0 Å². The van der Waals surface area contributed by atoms with Crippen LogP contribution in [0.25, 0.3) is 5.83 Å². The second-order valence-electron chi connectivity index (χ2n) is 2.77. The van der Waals surface area contributed by atoms with Gasteiger partial charge in [-0.1, -0.05) is 63.6 Å². The lowest BCUT2D eigenvalue weighted by atomic mass is 10.2. The fourth-order valence-corrected chi connectivity index (χ4v) is 0.619. The molecule has 0 amide bonds. The van der Waals surface area contributed by atoms with Gasteiger partial charge in [-0.15, -0.1) is 0 Å². The Hall–Kier alpha value is -1.11. The molecular weight excluding hydrogens is 163 g/mol. The van der Waals surface area contributed by atoms with Gasteiger partial charge >= 0.3 is 0 Å². The van der Waals surface area contributed by atoms with E-state index in [9.17, 15) is 4.39 Å². The summed E-state index contributed by atoms with van der Waals surface area (Å²) in [5.41, 5.74) is 0.553. The van der Waals surface area contributed by atoms with E-state index in [0.29, 0.717) is 5.56 Å². The quantitative estimate of drug-likeness (QED) is 0.631. The van der Waals surface area contributed by atoms with E-state index in [1.807, 2.05) is 6.07 Å². The fraction of sp³-hybridized carbons (Fsp3) is 0.333. The highest BCUT2D eigenvalue weighted by Crippen LogP contribution is 2.10. The molecule has 0 fully saturated rings. The molecule has 0 aliphatic carbocycles. The summed E-state index contributed by atoms with van der Waals surface area (Å²) in [5.74, 6) is -0.379. The summed E-state index contributed by atoms with van der Waals surface area (Å²) >= 11 is 0. The van der Waals surface area contributed by atoms with Gasteiger partial charge in [-0.2, -0.15) is 0 Å². The van der Waals surface area contributed by atoms with Crippen molar-refractivity contribution in [1.82, 2.24) is 0 Å². The summed E-state index contributed by atoms with van der Waals surface area (Å²) in [5, 5.41) is 0. The van der Waals surface area contributed by atoms with Gasteiger partial charge in [0, 0.05) is 5.56 Å². The highest BCUT2D eigenvalue weighted by molar-refractivity contribution is 5.55. The maximum absolute atomic E-state index is 12.2. The molecule has 0 unspecified atom stereocenters. The van der Waals surface area contributed by atoms with Gasteiger partial charge in [-0.3, -0.25) is 0 Å². The van der Waals surface area contributed by atoms with Crippen molar-refractivity contribution in [2.24, 2.45) is 0 Å². The predicted molar refractivity (Wildman–Crippen MR) is 57.2 cm³/mol. The van der Waals surface area contributed by atoms with Crippen LogP contribution >= 0.6 is 0 Å². The van der Waals surface area contributed by atoms with E-state index in [1.165, 1.54) is 12.8 Å². The van der Waals surface area contributed by atoms with E-state index < -0.39 is 0 Å². The summed E-state index contributed by atoms with van der Waals surface area (Å²) in [7, 11) is 0. The Morgan fingerprint density at radius 3 is 1.85 bits per heavy atom. The van der Waals surface area contributed by atoms with Crippen LogP contribution in [-0.2, 0) is 0 Å². The Morgan fingerprint density at radius 2 is 1.62 bits per heavy atom. The molecule has 0 saturated carbocycles. The molecule has 0 bridgehead atoms. The van der Waals surface area contributed by atoms with Crippen LogP contribution in [0.5, 0.6) is 0 Å². The summed E-state index contributed by atoms with van der Waals surface area (Å²) < 4.78 is 12.2. The molecule has 0 aromatic heterocycles. The largest absolute Gasteiger partial charge is 0.207 e. The minimum atomic E-state index is -0.379. The van der Waals surface area contributed by atoms with Gasteiger partial charge in [-0.25, -0.2) is 4.39 Å². The van der Waals surface area contributed by atoms with E-state index in [-0.39, 0.29) is 5.83 Å². The van der Waals surface area contributed by atoms with Crippen LogP contribution in [0.1, 0.15) is 32.3 Å². The zero-order valence-electron chi connectivity index (χ0n) is 8.39. The number of halogens is 1. The van der Waals surface area contributed by atoms with Crippen LogP contribution < -0.4 is 0 Å². The van der Waals surface area contributed by atoms with E-state index >= 15 is 0 Å². The minimum Gasteiger partial charge on any atom is -0.207 e. The lowest BCUT2D eigenvalue weighted by molar-refractivity contribution is 0.763. The van der Waals surface area contributed by atoms with Crippen molar-refractivity contribution >= 4 is 5.83 Å². The minimum absolute atomic E-state index is 0.379. The molecular formula is C12H17F. The Labute approximate surface area is 80.1 Å². The van der Waals surface area contributed by atoms with Crippen molar-refractivity contribution in [3.05, 3.63) is 42.5 Å². The highest BCUT2D eigenvalue weighted by atomic mass is 19.1. The number of hydrogen-bond donors (Lipinski definition) is 0. The van der Waals surface area contributed by atoms with Crippen LogP contribution in [0.4, 0.5) is 4.39 Å². The van der Waals surface area contributed by atoms with Gasteiger partial charge in [0.05, 0.1) is 0 Å². The maximum atomic E-state index is 12.2. The third-order valence-electron chi connectivity index (χ3n) is 1.59. The van der Waals surface area contributed by atoms with Crippen LogP contribution in [0.3, 0.4) is 0 Å². The molecule has 0 atom stereocenters. The lowest BCUT2D eigenvalue weighted by Gasteiger charge is -1.90. The van der Waals surface area contributed by atoms with Gasteiger partial charge in [0.15, 0.2) is 0 Å². The molecule has 1 aromatic carbocycles. The van der Waals surface area contributed by atoms with E-state index in [0.717, 1.165) is 0 Å². The number of hydrogen-bond acceptors (Lipinski definition) is 0. The first-order valence-corrected chi connectivity index (χ1v) is 4.62. The topological polar surface area (TPSA) is 0 Å². The molecule has 0 N–H and O–H groups in total. The molecule has 0 aliphatic heterocycles. The standard InChI is InChI=1S/C8H7F.C4H10/c1-7(9)8-5-3-2-4-6-8;1-3-4-2/h2-6H,1H2;3-4H2,1-2H3. The van der Waals surface area contributed by atoms with Gasteiger partial charge in [0.25, 0.3) is 0 Å². The average molecular weight is 180 g/mol. The van der Waals surface area contributed by atoms with Gasteiger partial charge < -0.3 is 0 Å². The number of rotatable bonds is 2. The van der Waals surface area contributed by atoms with Gasteiger partial charge in [-0.05, 0) is 0 Å². The third-order valence-corrected chi connectivity index (χ3v) is 1.59. The molecule has 0 spiro atoms. The van der Waals surface area contributed by atoms with Crippen LogP contribution in [0, 0.1) is 0 Å². The number of unbranched alkanes of at least 4 members (excludes halogenated alkanes) is 1. The van der Waals surface area contributed by atoms with E-state index in [4.69, 9.17) is 0 Å². The molecule has 0 nitrogen and oxygen atoms in total. The molecule has 72 valence electrons. The summed E-state index contributed by atoms with van der Waals surface area (Å²) in [6.07, 6.45) is 2.64. The smallest absolute Gasteiger partial charge is 0.123 e. The Balaban J connectivity index is 0.000000310. The Kier molecular flexibility index (Phi) is 6.89. The van der Waals surface area contributed by atoms with Crippen molar-refractivity contribution in [2.45, 2.75) is 26.7 Å². The van der Waals surface area contributed by atoms with Gasteiger partial charge in [0.2, 0.25) is 0 Å². The third kappa shape index (κ3) is 6.09. The van der Waals surface area contributed by atoms with Crippen molar-refractivity contribution < 1.29 is 4.39 Å².